The van der Waals surface area contributed by atoms with Crippen LogP contribution in [0.4, 0.5) is 0 Å². The molecule has 1 aliphatic rings. The third-order valence-electron chi connectivity index (χ3n) is 4.28. The molecule has 1 N–H and O–H groups in total. The summed E-state index contributed by atoms with van der Waals surface area (Å²) in [4.78, 5) is 2.48. The fourth-order valence-electron chi connectivity index (χ4n) is 3.15. The number of halogens is 2. The van der Waals surface area contributed by atoms with E-state index in [0.717, 1.165) is 37.5 Å². The van der Waals surface area contributed by atoms with Gasteiger partial charge in [0.1, 0.15) is 5.75 Å². The van der Waals surface area contributed by atoms with Crippen LogP contribution in [0.25, 0.3) is 0 Å². The number of hydrogen-bond donors (Lipinski definition) is 1. The lowest BCUT2D eigenvalue weighted by atomic mass is 9.96. The van der Waals surface area contributed by atoms with Gasteiger partial charge in [0.25, 0.3) is 0 Å². The second-order valence-corrected chi connectivity index (χ2v) is 6.68. The van der Waals surface area contributed by atoms with Gasteiger partial charge < -0.3 is 10.1 Å². The highest BCUT2D eigenvalue weighted by Gasteiger charge is 2.24. The zero-order valence-corrected chi connectivity index (χ0v) is 15.3. The summed E-state index contributed by atoms with van der Waals surface area (Å²) in [7, 11) is 0. The van der Waals surface area contributed by atoms with Gasteiger partial charge in [0.05, 0.1) is 22.7 Å². The average Bonchev–Trinajstić information content (AvgIpc) is 2.61. The van der Waals surface area contributed by atoms with E-state index in [1.807, 2.05) is 31.2 Å². The molecule has 0 aromatic heterocycles. The first-order chi connectivity index (χ1) is 11.7. The summed E-state index contributed by atoms with van der Waals surface area (Å²) >= 11 is 12.4. The summed E-state index contributed by atoms with van der Waals surface area (Å²) in [6, 6.07) is 14.4. The molecule has 24 heavy (non-hydrogen) atoms. The first-order valence-electron chi connectivity index (χ1n) is 8.31. The highest BCUT2D eigenvalue weighted by atomic mass is 35.5. The molecule has 1 unspecified atom stereocenters. The molecule has 1 aliphatic heterocycles. The van der Waals surface area contributed by atoms with Crippen LogP contribution in [0.2, 0.25) is 10.0 Å². The van der Waals surface area contributed by atoms with Crippen molar-refractivity contribution >= 4 is 23.2 Å². The van der Waals surface area contributed by atoms with Gasteiger partial charge >= 0.3 is 0 Å². The van der Waals surface area contributed by atoms with Gasteiger partial charge in [-0.15, -0.1) is 0 Å². The fraction of sp³-hybridized carbons (Fsp3) is 0.368. The summed E-state index contributed by atoms with van der Waals surface area (Å²) in [6.45, 7) is 6.65. The molecule has 0 spiro atoms. The third-order valence-corrected chi connectivity index (χ3v) is 5.02. The number of nitrogens with one attached hydrogen (secondary N) is 1. The van der Waals surface area contributed by atoms with Gasteiger partial charge in [-0.1, -0.05) is 41.4 Å². The van der Waals surface area contributed by atoms with Gasteiger partial charge in [0.15, 0.2) is 0 Å². The lowest BCUT2D eigenvalue weighted by Crippen LogP contribution is -2.45. The maximum atomic E-state index is 6.27. The molecule has 0 aliphatic carbocycles. The molecule has 1 fully saturated rings. The van der Waals surface area contributed by atoms with Crippen molar-refractivity contribution in [3.63, 3.8) is 0 Å². The van der Waals surface area contributed by atoms with E-state index in [1.54, 1.807) is 0 Å². The molecule has 0 amide bonds. The molecule has 0 radical (unpaired) electrons. The van der Waals surface area contributed by atoms with E-state index in [4.69, 9.17) is 27.9 Å². The minimum absolute atomic E-state index is 0.164. The summed E-state index contributed by atoms with van der Waals surface area (Å²) in [5.41, 5.74) is 2.40. The predicted molar refractivity (Wildman–Crippen MR) is 100 cm³/mol. The van der Waals surface area contributed by atoms with Gasteiger partial charge in [-0.2, -0.15) is 0 Å². The first-order valence-corrected chi connectivity index (χ1v) is 9.07. The molecule has 5 heteroatoms. The van der Waals surface area contributed by atoms with E-state index in [-0.39, 0.29) is 6.04 Å². The van der Waals surface area contributed by atoms with Crippen molar-refractivity contribution in [1.29, 1.82) is 0 Å². The lowest BCUT2D eigenvalue weighted by molar-refractivity contribution is 0.198. The smallest absolute Gasteiger partial charge is 0.119 e. The van der Waals surface area contributed by atoms with E-state index < -0.39 is 0 Å². The van der Waals surface area contributed by atoms with Crippen LogP contribution < -0.4 is 10.1 Å². The maximum absolute atomic E-state index is 6.27. The summed E-state index contributed by atoms with van der Waals surface area (Å²) < 4.78 is 5.56. The highest BCUT2D eigenvalue weighted by molar-refractivity contribution is 6.42. The Kier molecular flexibility index (Phi) is 6.01. The van der Waals surface area contributed by atoms with E-state index in [1.165, 1.54) is 5.56 Å². The van der Waals surface area contributed by atoms with Crippen LogP contribution in [0.15, 0.2) is 42.5 Å². The molecule has 3 nitrogen and oxygen atoms in total. The molecule has 1 heterocycles. The van der Waals surface area contributed by atoms with E-state index in [2.05, 4.69) is 28.4 Å². The summed E-state index contributed by atoms with van der Waals surface area (Å²) in [5, 5.41) is 4.60. The Bertz CT molecular complexity index is 670. The minimum atomic E-state index is 0.164. The Balaban J connectivity index is 1.95. The third kappa shape index (κ3) is 4.04. The van der Waals surface area contributed by atoms with E-state index in [0.29, 0.717) is 16.7 Å². The van der Waals surface area contributed by atoms with Gasteiger partial charge in [0, 0.05) is 26.2 Å². The van der Waals surface area contributed by atoms with Crippen LogP contribution in [0.1, 0.15) is 24.1 Å². The SMILES string of the molecule is CCOc1ccc(C(c2ccc(Cl)c(Cl)c2)N2CCNCC2)cc1. The molecule has 128 valence electrons. The predicted octanol–water partition coefficient (Wildman–Crippen LogP) is 4.39. The summed E-state index contributed by atoms with van der Waals surface area (Å²) in [6.07, 6.45) is 0. The quantitative estimate of drug-likeness (QED) is 0.851. The Morgan fingerprint density at radius 2 is 1.67 bits per heavy atom. The minimum Gasteiger partial charge on any atom is -0.494 e. The van der Waals surface area contributed by atoms with Crippen LogP contribution in [0, 0.1) is 0 Å². The number of benzene rings is 2. The van der Waals surface area contributed by atoms with Crippen LogP contribution >= 0.6 is 23.2 Å². The van der Waals surface area contributed by atoms with Crippen LogP contribution in [0.3, 0.4) is 0 Å². The topological polar surface area (TPSA) is 24.5 Å². The molecular formula is C19H22Cl2N2O. The Hall–Kier alpha value is -1.26. The fourth-order valence-corrected chi connectivity index (χ4v) is 3.46. The zero-order chi connectivity index (χ0) is 16.9. The van der Waals surface area contributed by atoms with E-state index >= 15 is 0 Å². The first kappa shape index (κ1) is 17.6. The molecule has 3 rings (SSSR count). The van der Waals surface area contributed by atoms with Crippen molar-refractivity contribution in [2.24, 2.45) is 0 Å². The van der Waals surface area contributed by atoms with Crippen molar-refractivity contribution in [1.82, 2.24) is 10.2 Å². The van der Waals surface area contributed by atoms with Crippen molar-refractivity contribution in [2.45, 2.75) is 13.0 Å². The maximum Gasteiger partial charge on any atom is 0.119 e. The molecule has 2 aromatic rings. The highest BCUT2D eigenvalue weighted by Crippen LogP contribution is 2.33. The second-order valence-electron chi connectivity index (χ2n) is 5.86. The normalized spacial score (nSPS) is 16.8. The van der Waals surface area contributed by atoms with Gasteiger partial charge in [0.2, 0.25) is 0 Å². The number of nitrogens with zero attached hydrogens (tertiary/aromatic N) is 1. The number of hydrogen-bond acceptors (Lipinski definition) is 3. The largest absolute Gasteiger partial charge is 0.494 e. The Morgan fingerprint density at radius 3 is 2.29 bits per heavy atom. The van der Waals surface area contributed by atoms with Crippen LogP contribution in [-0.2, 0) is 0 Å². The molecule has 0 bridgehead atoms. The number of piperazine rings is 1. The molecule has 1 saturated heterocycles. The molecule has 0 saturated carbocycles. The van der Waals surface area contributed by atoms with E-state index in [9.17, 15) is 0 Å². The van der Waals surface area contributed by atoms with Crippen molar-refractivity contribution in [3.05, 3.63) is 63.6 Å². The lowest BCUT2D eigenvalue weighted by Gasteiger charge is -2.35. The second kappa shape index (κ2) is 8.21. The molecule has 2 aromatic carbocycles. The van der Waals surface area contributed by atoms with Crippen LogP contribution in [0.5, 0.6) is 5.75 Å². The molecule has 1 atom stereocenters. The Morgan fingerprint density at radius 1 is 1.00 bits per heavy atom. The van der Waals surface area contributed by atoms with Crippen molar-refractivity contribution < 1.29 is 4.74 Å². The summed E-state index contributed by atoms with van der Waals surface area (Å²) in [5.74, 6) is 0.898. The van der Waals surface area contributed by atoms with Crippen molar-refractivity contribution in [3.8, 4) is 5.75 Å². The molecular weight excluding hydrogens is 343 g/mol. The van der Waals surface area contributed by atoms with Gasteiger partial charge in [-0.25, -0.2) is 0 Å². The van der Waals surface area contributed by atoms with Gasteiger partial charge in [-0.3, -0.25) is 4.90 Å². The van der Waals surface area contributed by atoms with Gasteiger partial charge in [-0.05, 0) is 42.3 Å². The number of ether oxygens (including phenoxy) is 1. The average molecular weight is 365 g/mol. The standard InChI is InChI=1S/C19H22Cl2N2O/c1-2-24-16-6-3-14(4-7-16)19(23-11-9-22-10-12-23)15-5-8-17(20)18(21)13-15/h3-8,13,19,22H,2,9-12H2,1H3. The van der Waals surface area contributed by atoms with Crippen molar-refractivity contribution in [2.75, 3.05) is 32.8 Å². The number of rotatable bonds is 5. The van der Waals surface area contributed by atoms with Crippen LogP contribution in [-0.4, -0.2) is 37.7 Å². The monoisotopic (exact) mass is 364 g/mol. The Labute approximate surface area is 153 Å². The zero-order valence-electron chi connectivity index (χ0n) is 13.8.